The highest BCUT2D eigenvalue weighted by Crippen LogP contribution is 2.28. The summed E-state index contributed by atoms with van der Waals surface area (Å²) in [5.41, 5.74) is 11.1. The molecule has 28 heavy (non-hydrogen) atoms. The molecule has 1 aromatic heterocycles. The van der Waals surface area contributed by atoms with E-state index >= 15 is 0 Å². The van der Waals surface area contributed by atoms with Crippen LogP contribution in [-0.2, 0) is 6.54 Å². The molecule has 1 atom stereocenters. The number of rotatable bonds is 9. The third-order valence-corrected chi connectivity index (χ3v) is 5.03. The molecule has 146 valence electrons. The van der Waals surface area contributed by atoms with Crippen molar-refractivity contribution in [1.29, 1.82) is 5.26 Å². The summed E-state index contributed by atoms with van der Waals surface area (Å²) in [7, 11) is 0. The van der Waals surface area contributed by atoms with E-state index in [9.17, 15) is 0 Å². The number of aromatic nitrogens is 1. The van der Waals surface area contributed by atoms with Crippen molar-refractivity contribution >= 4 is 17.9 Å². The molecule has 6 heteroatoms. The summed E-state index contributed by atoms with van der Waals surface area (Å²) in [6.45, 7) is 3.03. The van der Waals surface area contributed by atoms with Gasteiger partial charge in [-0.25, -0.2) is 4.99 Å². The Labute approximate surface area is 166 Å². The van der Waals surface area contributed by atoms with Gasteiger partial charge in [0.05, 0.1) is 23.7 Å². The van der Waals surface area contributed by atoms with Gasteiger partial charge in [0.1, 0.15) is 5.82 Å². The summed E-state index contributed by atoms with van der Waals surface area (Å²) in [5.74, 6) is 0.852. The van der Waals surface area contributed by atoms with E-state index in [0.717, 1.165) is 61.4 Å². The molecule has 0 saturated carbocycles. The molecule has 3 rings (SSSR count). The molecule has 0 amide bonds. The zero-order chi connectivity index (χ0) is 19.8. The van der Waals surface area contributed by atoms with Gasteiger partial charge >= 0.3 is 0 Å². The van der Waals surface area contributed by atoms with Gasteiger partial charge in [0, 0.05) is 30.0 Å². The number of aromatic amines is 1. The van der Waals surface area contributed by atoms with E-state index in [4.69, 9.17) is 11.0 Å². The number of benzene rings is 1. The minimum atomic E-state index is 0.460. The summed E-state index contributed by atoms with van der Waals surface area (Å²) in [4.78, 5) is 7.39. The Hall–Kier alpha value is -3.04. The average Bonchev–Trinajstić information content (AvgIpc) is 3.21. The number of nitrogens with zero attached hydrogens (tertiary/aromatic N) is 2. The quantitative estimate of drug-likeness (QED) is 0.533. The van der Waals surface area contributed by atoms with E-state index < -0.39 is 0 Å². The molecule has 5 N–H and O–H groups in total. The second kappa shape index (κ2) is 9.77. The Morgan fingerprint density at radius 1 is 1.25 bits per heavy atom. The Morgan fingerprint density at radius 2 is 2.07 bits per heavy atom. The fraction of sp³-hybridized carbons (Fsp3) is 0.364. The van der Waals surface area contributed by atoms with Gasteiger partial charge in [-0.2, -0.15) is 5.26 Å². The zero-order valence-corrected chi connectivity index (χ0v) is 16.3. The van der Waals surface area contributed by atoms with Crippen LogP contribution in [0.5, 0.6) is 0 Å². The third-order valence-electron chi connectivity index (χ3n) is 5.03. The van der Waals surface area contributed by atoms with Crippen LogP contribution >= 0.6 is 0 Å². The van der Waals surface area contributed by atoms with Crippen molar-refractivity contribution in [3.8, 4) is 6.07 Å². The highest BCUT2D eigenvalue weighted by atomic mass is 15.0. The fourth-order valence-electron chi connectivity index (χ4n) is 3.49. The van der Waals surface area contributed by atoms with Gasteiger partial charge in [-0.1, -0.05) is 25.5 Å². The molecule has 1 aliphatic rings. The lowest BCUT2D eigenvalue weighted by Gasteiger charge is -2.19. The topological polar surface area (TPSA) is 102 Å². The number of fused-ring (bicyclic) bond motifs is 1. The van der Waals surface area contributed by atoms with Gasteiger partial charge in [-0.3, -0.25) is 0 Å². The van der Waals surface area contributed by atoms with Crippen molar-refractivity contribution in [2.24, 2.45) is 10.7 Å². The molecule has 0 bridgehead atoms. The molecule has 0 saturated heterocycles. The number of nitrogens with one attached hydrogen (secondary N) is 3. The van der Waals surface area contributed by atoms with Gasteiger partial charge in [-0.05, 0) is 49.4 Å². The van der Waals surface area contributed by atoms with E-state index in [2.05, 4.69) is 33.6 Å². The van der Waals surface area contributed by atoms with E-state index in [1.165, 1.54) is 5.56 Å². The van der Waals surface area contributed by atoms with Gasteiger partial charge in [0.15, 0.2) is 0 Å². The molecule has 1 aliphatic heterocycles. The number of nitriles is 1. The van der Waals surface area contributed by atoms with Crippen molar-refractivity contribution in [2.45, 2.75) is 51.6 Å². The first-order chi connectivity index (χ1) is 13.7. The zero-order valence-electron chi connectivity index (χ0n) is 16.3. The fourth-order valence-corrected chi connectivity index (χ4v) is 3.49. The first kappa shape index (κ1) is 19.7. The molecule has 0 fully saturated rings. The molecular formula is C22H28N6. The van der Waals surface area contributed by atoms with Gasteiger partial charge in [0.25, 0.3) is 0 Å². The number of allylic oxidation sites excluding steroid dienone is 1. The number of hydrogen-bond donors (Lipinski definition) is 4. The summed E-state index contributed by atoms with van der Waals surface area (Å²) in [5, 5.41) is 15.7. The van der Waals surface area contributed by atoms with Crippen molar-refractivity contribution in [2.75, 3.05) is 0 Å². The molecule has 2 aromatic rings. The SMILES string of the molecule is CCCC(CCC/C(N)=C1/NC=Nc2[nH]ccc21)NCc1ccc(C#N)cc1. The molecule has 0 spiro atoms. The van der Waals surface area contributed by atoms with Crippen LogP contribution in [0.2, 0.25) is 0 Å². The second-order valence-corrected chi connectivity index (χ2v) is 7.11. The van der Waals surface area contributed by atoms with E-state index in [0.29, 0.717) is 11.6 Å². The average molecular weight is 377 g/mol. The van der Waals surface area contributed by atoms with Gasteiger partial charge in [-0.15, -0.1) is 0 Å². The second-order valence-electron chi connectivity index (χ2n) is 7.11. The number of H-pyrrole nitrogens is 1. The molecule has 0 aliphatic carbocycles. The molecule has 0 radical (unpaired) electrons. The van der Waals surface area contributed by atoms with E-state index in [1.807, 2.05) is 36.5 Å². The Morgan fingerprint density at radius 3 is 2.82 bits per heavy atom. The number of aliphatic imine (C=N–C) groups is 1. The Balaban J connectivity index is 1.51. The molecule has 1 aromatic carbocycles. The largest absolute Gasteiger partial charge is 0.400 e. The smallest absolute Gasteiger partial charge is 0.141 e. The highest BCUT2D eigenvalue weighted by molar-refractivity contribution is 5.86. The van der Waals surface area contributed by atoms with Crippen LogP contribution in [-0.4, -0.2) is 17.4 Å². The minimum absolute atomic E-state index is 0.460. The van der Waals surface area contributed by atoms with Gasteiger partial charge < -0.3 is 21.4 Å². The standard InChI is InChI=1S/C22H28N6/c1-2-4-18(26-14-17-9-7-16(13-23)8-10-17)5-3-6-20(24)21-19-11-12-25-22(19)28-15-27-21/h7-12,15,18,25-26H,2-6,14,24H2,1H3,(H,27,28)/b21-20-. The monoisotopic (exact) mass is 376 g/mol. The van der Waals surface area contributed by atoms with Crippen molar-refractivity contribution in [3.05, 3.63) is 58.9 Å². The van der Waals surface area contributed by atoms with Crippen LogP contribution < -0.4 is 16.4 Å². The van der Waals surface area contributed by atoms with E-state index in [1.54, 1.807) is 6.34 Å². The summed E-state index contributed by atoms with van der Waals surface area (Å²) >= 11 is 0. The van der Waals surface area contributed by atoms with Crippen LogP contribution in [0.4, 0.5) is 5.82 Å². The highest BCUT2D eigenvalue weighted by Gasteiger charge is 2.15. The molecule has 6 nitrogen and oxygen atoms in total. The lowest BCUT2D eigenvalue weighted by molar-refractivity contribution is 0.435. The first-order valence-electron chi connectivity index (χ1n) is 9.89. The normalized spacial score (nSPS) is 15.4. The van der Waals surface area contributed by atoms with Crippen LogP contribution in [0.15, 0.2) is 47.2 Å². The minimum Gasteiger partial charge on any atom is -0.400 e. The molecule has 2 heterocycles. The number of hydrogen-bond acceptors (Lipinski definition) is 5. The first-order valence-corrected chi connectivity index (χ1v) is 9.89. The lowest BCUT2D eigenvalue weighted by atomic mass is 10.0. The van der Waals surface area contributed by atoms with Crippen LogP contribution in [0.1, 0.15) is 55.7 Å². The maximum atomic E-state index is 8.90. The van der Waals surface area contributed by atoms with Gasteiger partial charge in [0.2, 0.25) is 0 Å². The molecule has 1 unspecified atom stereocenters. The van der Waals surface area contributed by atoms with Crippen LogP contribution in [0, 0.1) is 11.3 Å². The molecular weight excluding hydrogens is 348 g/mol. The predicted molar refractivity (Wildman–Crippen MR) is 114 cm³/mol. The van der Waals surface area contributed by atoms with E-state index in [-0.39, 0.29) is 0 Å². The maximum Gasteiger partial charge on any atom is 0.141 e. The Kier molecular flexibility index (Phi) is 6.88. The van der Waals surface area contributed by atoms with Crippen molar-refractivity contribution < 1.29 is 0 Å². The number of nitrogens with two attached hydrogens (primary N) is 1. The lowest BCUT2D eigenvalue weighted by Crippen LogP contribution is -2.28. The summed E-state index contributed by atoms with van der Waals surface area (Å²) in [6.07, 6.45) is 8.79. The van der Waals surface area contributed by atoms with Crippen LogP contribution in [0.25, 0.3) is 5.70 Å². The predicted octanol–water partition coefficient (Wildman–Crippen LogP) is 3.91. The van der Waals surface area contributed by atoms with Crippen molar-refractivity contribution in [1.82, 2.24) is 15.6 Å². The summed E-state index contributed by atoms with van der Waals surface area (Å²) < 4.78 is 0. The van der Waals surface area contributed by atoms with Crippen molar-refractivity contribution in [3.63, 3.8) is 0 Å². The maximum absolute atomic E-state index is 8.90. The summed E-state index contributed by atoms with van der Waals surface area (Å²) in [6, 6.07) is 12.4. The third kappa shape index (κ3) is 5.02. The van der Waals surface area contributed by atoms with Crippen LogP contribution in [0.3, 0.4) is 0 Å². The Bertz CT molecular complexity index is 869.